The minimum absolute atomic E-state index is 0. The molecule has 0 aromatic carbocycles. The number of carbonyl (C=O) groups is 2. The maximum Gasteiger partial charge on any atom is 1.00 e. The molecule has 0 aliphatic carbocycles. The molecular weight excluding hydrogens is 259 g/mol. The maximum atomic E-state index is 9.63. The van der Waals surface area contributed by atoms with Crippen LogP contribution in [0.5, 0.6) is 0 Å². The van der Waals surface area contributed by atoms with Crippen molar-refractivity contribution in [2.75, 3.05) is 0 Å². The molecule has 0 radical (unpaired) electrons. The van der Waals surface area contributed by atoms with Gasteiger partial charge in [-0.1, -0.05) is 0 Å². The molecule has 0 aliphatic rings. The molecule has 2 N–H and O–H groups in total. The maximum absolute atomic E-state index is 9.63. The van der Waals surface area contributed by atoms with Crippen LogP contribution in [-0.2, 0) is 9.59 Å². The van der Waals surface area contributed by atoms with E-state index in [1.165, 1.54) is 0 Å². The van der Waals surface area contributed by atoms with E-state index in [1.54, 1.807) is 0 Å². The minimum Gasteiger partial charge on any atom is -0.547 e. The molecule has 11 heteroatoms. The second-order valence-corrected chi connectivity index (χ2v) is 1.53. The number of hydrogen-bond acceptors (Lipinski definition) is 6. The quantitative estimate of drug-likeness (QED) is 0.488. The Balaban J connectivity index is -0.0000000405. The second kappa shape index (κ2) is 20.2. The van der Waals surface area contributed by atoms with E-state index in [0.29, 0.717) is 0 Å². The Kier molecular flexibility index (Phi) is 48.9. The summed E-state index contributed by atoms with van der Waals surface area (Å²) < 4.78 is 0. The van der Waals surface area contributed by atoms with E-state index in [1.807, 2.05) is 0 Å². The van der Waals surface area contributed by atoms with Gasteiger partial charge in [-0.05, 0) is 0 Å². The predicted octanol–water partition coefficient (Wildman–Crippen LogP) is -19.8. The first-order chi connectivity index (χ1) is 4.46. The summed E-state index contributed by atoms with van der Waals surface area (Å²) in [4.78, 5) is 19.3. The Morgan fingerprint density at radius 2 is 0.867 bits per heavy atom. The molecule has 0 aromatic rings. The molecule has 0 spiro atoms. The van der Waals surface area contributed by atoms with Crippen LogP contribution in [0, 0.1) is 0 Å². The molecule has 0 fully saturated rings. The van der Waals surface area contributed by atoms with Crippen molar-refractivity contribution in [1.29, 1.82) is 0 Å². The van der Waals surface area contributed by atoms with Crippen molar-refractivity contribution in [2.45, 2.75) is 12.2 Å². The first kappa shape index (κ1) is 36.4. The SMILES string of the molecule is O=C([O-])C(O)C(O)C(=O)[O-].[Na+].[Na+].[Na+].[Na+].[Na+]. The van der Waals surface area contributed by atoms with Crippen LogP contribution in [0.4, 0.5) is 0 Å². The second-order valence-electron chi connectivity index (χ2n) is 1.53. The Morgan fingerprint density at radius 1 is 0.733 bits per heavy atom. The van der Waals surface area contributed by atoms with Crippen LogP contribution in [0.15, 0.2) is 0 Å². The molecular formula is C4H4Na5O6+3. The van der Waals surface area contributed by atoms with Gasteiger partial charge in [0, 0.05) is 0 Å². The van der Waals surface area contributed by atoms with Crippen molar-refractivity contribution < 1.29 is 178 Å². The van der Waals surface area contributed by atoms with Crippen LogP contribution in [-0.4, -0.2) is 34.4 Å². The van der Waals surface area contributed by atoms with Crippen LogP contribution in [0.25, 0.3) is 0 Å². The summed E-state index contributed by atoms with van der Waals surface area (Å²) in [6, 6.07) is 0. The van der Waals surface area contributed by atoms with Crippen LogP contribution in [0.3, 0.4) is 0 Å². The largest absolute Gasteiger partial charge is 1.00 e. The molecule has 15 heavy (non-hydrogen) atoms. The van der Waals surface area contributed by atoms with Crippen LogP contribution in [0.1, 0.15) is 0 Å². The Morgan fingerprint density at radius 3 is 0.933 bits per heavy atom. The van der Waals surface area contributed by atoms with Gasteiger partial charge in [0.2, 0.25) is 0 Å². The fourth-order valence-electron chi connectivity index (χ4n) is 0.258. The zero-order valence-corrected chi connectivity index (χ0v) is 19.7. The summed E-state index contributed by atoms with van der Waals surface area (Å²) in [7, 11) is 0. The zero-order valence-electron chi connectivity index (χ0n) is 9.68. The monoisotopic (exact) mass is 263 g/mol. The Hall–Kier alpha value is 3.86. The summed E-state index contributed by atoms with van der Waals surface area (Å²) in [5, 5.41) is 35.7. The minimum atomic E-state index is -2.44. The normalized spacial score (nSPS) is 10.5. The van der Waals surface area contributed by atoms with Crippen molar-refractivity contribution in [1.82, 2.24) is 0 Å². The van der Waals surface area contributed by atoms with E-state index >= 15 is 0 Å². The Bertz CT molecular complexity index is 148. The molecule has 0 saturated heterocycles. The van der Waals surface area contributed by atoms with Crippen molar-refractivity contribution >= 4 is 11.9 Å². The van der Waals surface area contributed by atoms with E-state index in [-0.39, 0.29) is 148 Å². The molecule has 0 heterocycles. The summed E-state index contributed by atoms with van der Waals surface area (Å²) in [5.41, 5.74) is 0. The van der Waals surface area contributed by atoms with Gasteiger partial charge in [-0.15, -0.1) is 0 Å². The molecule has 0 saturated carbocycles. The smallest absolute Gasteiger partial charge is 0.547 e. The van der Waals surface area contributed by atoms with E-state index in [9.17, 15) is 19.8 Å². The number of hydrogen-bond donors (Lipinski definition) is 2. The number of carboxylic acids is 2. The third-order valence-electron chi connectivity index (χ3n) is 0.782. The number of carboxylic acid groups (broad SMARTS) is 2. The van der Waals surface area contributed by atoms with Gasteiger partial charge < -0.3 is 30.0 Å². The third-order valence-corrected chi connectivity index (χ3v) is 0.782. The molecule has 6 nitrogen and oxygen atoms in total. The van der Waals surface area contributed by atoms with E-state index in [2.05, 4.69) is 0 Å². The van der Waals surface area contributed by atoms with Gasteiger partial charge in [0.25, 0.3) is 0 Å². The molecule has 0 bridgehead atoms. The molecule has 0 aliphatic heterocycles. The number of carbonyl (C=O) groups excluding carboxylic acids is 2. The number of aliphatic hydroxyl groups excluding tert-OH is 2. The van der Waals surface area contributed by atoms with E-state index < -0.39 is 24.1 Å². The van der Waals surface area contributed by atoms with E-state index in [0.717, 1.165) is 0 Å². The predicted molar refractivity (Wildman–Crippen MR) is 22.0 cm³/mol. The molecule has 2 unspecified atom stereocenters. The molecule has 0 aromatic heterocycles. The summed E-state index contributed by atoms with van der Waals surface area (Å²) in [6.07, 6.45) is -4.88. The number of rotatable bonds is 3. The van der Waals surface area contributed by atoms with Gasteiger partial charge in [-0.2, -0.15) is 0 Å². The third kappa shape index (κ3) is 17.9. The molecule has 0 rings (SSSR count). The van der Waals surface area contributed by atoms with Crippen LogP contribution < -0.4 is 158 Å². The molecule has 2 atom stereocenters. The van der Waals surface area contributed by atoms with Gasteiger partial charge in [-0.25, -0.2) is 0 Å². The Labute approximate surface area is 197 Å². The summed E-state index contributed by atoms with van der Waals surface area (Å²) >= 11 is 0. The van der Waals surface area contributed by atoms with E-state index in [4.69, 9.17) is 10.2 Å². The first-order valence-corrected chi connectivity index (χ1v) is 2.24. The fraction of sp³-hybridized carbons (Fsp3) is 0.500. The fourth-order valence-corrected chi connectivity index (χ4v) is 0.258. The van der Waals surface area contributed by atoms with Crippen LogP contribution in [0.2, 0.25) is 0 Å². The van der Waals surface area contributed by atoms with Crippen molar-refractivity contribution in [3.05, 3.63) is 0 Å². The molecule has 0 amide bonds. The van der Waals surface area contributed by atoms with Gasteiger partial charge in [0.15, 0.2) is 0 Å². The standard InChI is InChI=1S/C4H6O6.5Na/c5-1(3(7)8)2(6)4(9)10;;;;;/h1-2,5-6H,(H,7,8)(H,9,10);;;;;/q;5*+1/p-2. The van der Waals surface area contributed by atoms with Gasteiger partial charge >= 0.3 is 148 Å². The van der Waals surface area contributed by atoms with Crippen molar-refractivity contribution in [2.24, 2.45) is 0 Å². The zero-order chi connectivity index (χ0) is 8.31. The molecule has 58 valence electrons. The van der Waals surface area contributed by atoms with Gasteiger partial charge in [0.1, 0.15) is 12.2 Å². The summed E-state index contributed by atoms with van der Waals surface area (Å²) in [5.74, 6) is -4.12. The first-order valence-electron chi connectivity index (χ1n) is 2.24. The van der Waals surface area contributed by atoms with Crippen molar-refractivity contribution in [3.63, 3.8) is 0 Å². The number of aliphatic hydroxyl groups is 2. The number of aliphatic carboxylic acids is 2. The van der Waals surface area contributed by atoms with Gasteiger partial charge in [0.05, 0.1) is 11.9 Å². The average Bonchev–Trinajstić information content (AvgIpc) is 1.84. The van der Waals surface area contributed by atoms with Crippen molar-refractivity contribution in [3.8, 4) is 0 Å². The summed E-state index contributed by atoms with van der Waals surface area (Å²) in [6.45, 7) is 0. The van der Waals surface area contributed by atoms with Crippen LogP contribution >= 0.6 is 0 Å². The topological polar surface area (TPSA) is 121 Å². The average molecular weight is 263 g/mol. The van der Waals surface area contributed by atoms with Gasteiger partial charge in [-0.3, -0.25) is 0 Å².